The molecule has 0 radical (unpaired) electrons. The van der Waals surface area contributed by atoms with Crippen molar-refractivity contribution in [3.8, 4) is 6.07 Å². The summed E-state index contributed by atoms with van der Waals surface area (Å²) >= 11 is 0. The third-order valence-corrected chi connectivity index (χ3v) is 3.63. The van der Waals surface area contributed by atoms with Crippen LogP contribution in [0.15, 0.2) is 0 Å². The SMILES string of the molecule is N#CC1(N2CCOCC2)CCC(F)(F)CC1. The predicted molar refractivity (Wildman–Crippen MR) is 54.2 cm³/mol. The van der Waals surface area contributed by atoms with Gasteiger partial charge in [0.2, 0.25) is 5.92 Å². The van der Waals surface area contributed by atoms with E-state index in [0.29, 0.717) is 26.3 Å². The van der Waals surface area contributed by atoms with E-state index < -0.39 is 11.5 Å². The first kappa shape index (κ1) is 11.7. The molecule has 0 aromatic heterocycles. The maximum absolute atomic E-state index is 13.1. The first-order valence-corrected chi connectivity index (χ1v) is 5.70. The lowest BCUT2D eigenvalue weighted by Crippen LogP contribution is -2.55. The zero-order chi connectivity index (χ0) is 11.6. The summed E-state index contributed by atoms with van der Waals surface area (Å²) in [5.74, 6) is -2.58. The Hall–Kier alpha value is -0.730. The fourth-order valence-electron chi connectivity index (χ4n) is 2.52. The summed E-state index contributed by atoms with van der Waals surface area (Å²) in [6.07, 6.45) is 0.211. The molecule has 1 saturated heterocycles. The van der Waals surface area contributed by atoms with Crippen LogP contribution in [0.1, 0.15) is 25.7 Å². The lowest BCUT2D eigenvalue weighted by Gasteiger charge is -2.44. The molecule has 1 heterocycles. The molecule has 1 aliphatic carbocycles. The van der Waals surface area contributed by atoms with Gasteiger partial charge in [0.25, 0.3) is 0 Å². The molecule has 2 rings (SSSR count). The number of rotatable bonds is 1. The normalized spacial score (nSPS) is 29.6. The first-order valence-electron chi connectivity index (χ1n) is 5.70. The molecule has 0 amide bonds. The summed E-state index contributed by atoms with van der Waals surface area (Å²) < 4.78 is 31.4. The smallest absolute Gasteiger partial charge is 0.248 e. The second-order valence-electron chi connectivity index (χ2n) is 4.60. The van der Waals surface area contributed by atoms with Crippen molar-refractivity contribution >= 4 is 0 Å². The van der Waals surface area contributed by atoms with Crippen molar-refractivity contribution in [2.75, 3.05) is 26.3 Å². The van der Waals surface area contributed by atoms with Gasteiger partial charge in [-0.15, -0.1) is 0 Å². The highest BCUT2D eigenvalue weighted by Crippen LogP contribution is 2.41. The third-order valence-electron chi connectivity index (χ3n) is 3.63. The Morgan fingerprint density at radius 2 is 1.62 bits per heavy atom. The number of morpholine rings is 1. The van der Waals surface area contributed by atoms with E-state index in [-0.39, 0.29) is 25.7 Å². The largest absolute Gasteiger partial charge is 0.379 e. The standard InChI is InChI=1S/C11H16F2N2O/c12-11(13)3-1-10(9-14,2-4-11)15-5-7-16-8-6-15/h1-8H2. The summed E-state index contributed by atoms with van der Waals surface area (Å²) in [6.45, 7) is 2.55. The van der Waals surface area contributed by atoms with Gasteiger partial charge >= 0.3 is 0 Å². The van der Waals surface area contributed by atoms with Crippen LogP contribution < -0.4 is 0 Å². The molecular weight excluding hydrogens is 214 g/mol. The van der Waals surface area contributed by atoms with E-state index in [1.54, 1.807) is 0 Å². The van der Waals surface area contributed by atoms with E-state index in [1.807, 2.05) is 4.90 Å². The van der Waals surface area contributed by atoms with Gasteiger partial charge in [0.05, 0.1) is 19.3 Å². The molecule has 0 aromatic rings. The number of alkyl halides is 2. The summed E-state index contributed by atoms with van der Waals surface area (Å²) in [6, 6.07) is 2.26. The molecule has 90 valence electrons. The molecule has 0 atom stereocenters. The van der Waals surface area contributed by atoms with Crippen LogP contribution in [0, 0.1) is 11.3 Å². The third kappa shape index (κ3) is 2.18. The topological polar surface area (TPSA) is 36.3 Å². The predicted octanol–water partition coefficient (Wildman–Crippen LogP) is 1.79. The molecule has 0 spiro atoms. The second-order valence-corrected chi connectivity index (χ2v) is 4.60. The molecule has 0 N–H and O–H groups in total. The summed E-state index contributed by atoms with van der Waals surface area (Å²) in [4.78, 5) is 2.02. The van der Waals surface area contributed by atoms with E-state index in [9.17, 15) is 14.0 Å². The van der Waals surface area contributed by atoms with E-state index in [0.717, 1.165) is 0 Å². The minimum atomic E-state index is -2.58. The van der Waals surface area contributed by atoms with Crippen molar-refractivity contribution in [2.45, 2.75) is 37.1 Å². The minimum absolute atomic E-state index is 0.169. The Balaban J connectivity index is 2.06. The lowest BCUT2D eigenvalue weighted by atomic mass is 9.79. The molecule has 2 aliphatic rings. The number of nitrogens with zero attached hydrogens (tertiary/aromatic N) is 2. The minimum Gasteiger partial charge on any atom is -0.379 e. The molecular formula is C11H16F2N2O. The van der Waals surface area contributed by atoms with E-state index in [2.05, 4.69) is 6.07 Å². The van der Waals surface area contributed by atoms with Gasteiger partial charge in [-0.3, -0.25) is 4.90 Å². The van der Waals surface area contributed by atoms with Crippen molar-refractivity contribution in [2.24, 2.45) is 0 Å². The van der Waals surface area contributed by atoms with Gasteiger partial charge in [0.1, 0.15) is 5.54 Å². The Bertz CT molecular complexity index is 285. The molecule has 1 saturated carbocycles. The second kappa shape index (κ2) is 4.27. The van der Waals surface area contributed by atoms with Crippen LogP contribution in [0.3, 0.4) is 0 Å². The van der Waals surface area contributed by atoms with Crippen LogP contribution in [0.2, 0.25) is 0 Å². The summed E-state index contributed by atoms with van der Waals surface area (Å²) in [5, 5.41) is 9.29. The van der Waals surface area contributed by atoms with Crippen molar-refractivity contribution in [1.29, 1.82) is 5.26 Å². The van der Waals surface area contributed by atoms with Crippen molar-refractivity contribution in [3.63, 3.8) is 0 Å². The monoisotopic (exact) mass is 230 g/mol. The molecule has 1 aliphatic heterocycles. The Morgan fingerprint density at radius 1 is 1.06 bits per heavy atom. The van der Waals surface area contributed by atoms with E-state index in [4.69, 9.17) is 4.74 Å². The fraction of sp³-hybridized carbons (Fsp3) is 0.909. The fourth-order valence-corrected chi connectivity index (χ4v) is 2.52. The zero-order valence-electron chi connectivity index (χ0n) is 9.22. The summed E-state index contributed by atoms with van der Waals surface area (Å²) in [7, 11) is 0. The van der Waals surface area contributed by atoms with Crippen LogP contribution in [0.25, 0.3) is 0 Å². The maximum Gasteiger partial charge on any atom is 0.248 e. The van der Waals surface area contributed by atoms with Crippen LogP contribution >= 0.6 is 0 Å². The molecule has 0 bridgehead atoms. The van der Waals surface area contributed by atoms with Gasteiger partial charge in [-0.25, -0.2) is 8.78 Å². The average molecular weight is 230 g/mol. The van der Waals surface area contributed by atoms with Crippen LogP contribution in [-0.4, -0.2) is 42.7 Å². The number of nitriles is 1. The molecule has 2 fully saturated rings. The van der Waals surface area contributed by atoms with Gasteiger partial charge in [-0.05, 0) is 12.8 Å². The molecule has 0 unspecified atom stereocenters. The van der Waals surface area contributed by atoms with Crippen molar-refractivity contribution < 1.29 is 13.5 Å². The molecule has 0 aromatic carbocycles. The summed E-state index contributed by atoms with van der Waals surface area (Å²) in [5.41, 5.74) is -0.675. The molecule has 16 heavy (non-hydrogen) atoms. The molecule has 3 nitrogen and oxygen atoms in total. The van der Waals surface area contributed by atoms with Crippen molar-refractivity contribution in [3.05, 3.63) is 0 Å². The van der Waals surface area contributed by atoms with Crippen LogP contribution in [0.4, 0.5) is 8.78 Å². The maximum atomic E-state index is 13.1. The number of ether oxygens (including phenoxy) is 1. The van der Waals surface area contributed by atoms with Gasteiger partial charge in [0.15, 0.2) is 0 Å². The van der Waals surface area contributed by atoms with Gasteiger partial charge in [-0.1, -0.05) is 0 Å². The first-order chi connectivity index (χ1) is 7.58. The number of hydrogen-bond acceptors (Lipinski definition) is 3. The number of halogens is 2. The van der Waals surface area contributed by atoms with Crippen LogP contribution in [0.5, 0.6) is 0 Å². The Labute approximate surface area is 94.0 Å². The Kier molecular flexibility index (Phi) is 3.13. The quantitative estimate of drug-likeness (QED) is 0.689. The van der Waals surface area contributed by atoms with Gasteiger partial charge in [0, 0.05) is 25.9 Å². The van der Waals surface area contributed by atoms with Crippen molar-refractivity contribution in [1.82, 2.24) is 4.90 Å². The lowest BCUT2D eigenvalue weighted by molar-refractivity contribution is -0.0836. The van der Waals surface area contributed by atoms with Gasteiger partial charge in [-0.2, -0.15) is 5.26 Å². The van der Waals surface area contributed by atoms with Gasteiger partial charge < -0.3 is 4.74 Å². The highest BCUT2D eigenvalue weighted by atomic mass is 19.3. The zero-order valence-corrected chi connectivity index (χ0v) is 9.22. The number of hydrogen-bond donors (Lipinski definition) is 0. The highest BCUT2D eigenvalue weighted by molar-refractivity contribution is 5.11. The molecule has 5 heteroatoms. The average Bonchev–Trinajstić information content (AvgIpc) is 2.31. The van der Waals surface area contributed by atoms with E-state index in [1.165, 1.54) is 0 Å². The van der Waals surface area contributed by atoms with Crippen LogP contribution in [-0.2, 0) is 4.74 Å². The van der Waals surface area contributed by atoms with E-state index >= 15 is 0 Å². The Morgan fingerprint density at radius 3 is 2.12 bits per heavy atom. The highest BCUT2D eigenvalue weighted by Gasteiger charge is 2.47.